The van der Waals surface area contributed by atoms with Crippen molar-refractivity contribution in [2.24, 2.45) is 0 Å². The van der Waals surface area contributed by atoms with Crippen LogP contribution in [0.5, 0.6) is 0 Å². The Bertz CT molecular complexity index is 518. The predicted molar refractivity (Wildman–Crippen MR) is 66.7 cm³/mol. The summed E-state index contributed by atoms with van der Waals surface area (Å²) in [6, 6.07) is 8.25. The van der Waals surface area contributed by atoms with Gasteiger partial charge in [-0.25, -0.2) is 9.97 Å². The average molecular weight is 233 g/mol. The van der Waals surface area contributed by atoms with Crippen LogP contribution in [0.15, 0.2) is 24.3 Å². The van der Waals surface area contributed by atoms with Crippen LogP contribution >= 0.6 is 11.6 Å². The van der Waals surface area contributed by atoms with Gasteiger partial charge in [0.25, 0.3) is 0 Å². The largest absolute Gasteiger partial charge is 0.233 e. The van der Waals surface area contributed by atoms with Crippen molar-refractivity contribution >= 4 is 11.6 Å². The summed E-state index contributed by atoms with van der Waals surface area (Å²) in [7, 11) is 0. The van der Waals surface area contributed by atoms with Gasteiger partial charge in [0.1, 0.15) is 11.0 Å². The van der Waals surface area contributed by atoms with Crippen LogP contribution in [0.25, 0.3) is 11.3 Å². The smallest absolute Gasteiger partial charge is 0.136 e. The van der Waals surface area contributed by atoms with Gasteiger partial charge in [-0.2, -0.15) is 0 Å². The lowest BCUT2D eigenvalue weighted by atomic mass is 10.1. The molecule has 2 rings (SSSR count). The lowest BCUT2D eigenvalue weighted by molar-refractivity contribution is 1.04. The fraction of sp³-hybridized carbons (Fsp3) is 0.231. The predicted octanol–water partition coefficient (Wildman–Crippen LogP) is 3.72. The summed E-state index contributed by atoms with van der Waals surface area (Å²) < 4.78 is 0. The number of hydrogen-bond donors (Lipinski definition) is 0. The van der Waals surface area contributed by atoms with Crippen molar-refractivity contribution in [3.8, 4) is 11.3 Å². The van der Waals surface area contributed by atoms with Crippen molar-refractivity contribution in [1.29, 1.82) is 0 Å². The summed E-state index contributed by atoms with van der Waals surface area (Å²) in [5.41, 5.74) is 4.15. The zero-order valence-corrected chi connectivity index (χ0v) is 10.3. The van der Waals surface area contributed by atoms with E-state index in [1.165, 1.54) is 5.56 Å². The van der Waals surface area contributed by atoms with E-state index >= 15 is 0 Å². The second kappa shape index (κ2) is 4.22. The second-order valence-electron chi connectivity index (χ2n) is 3.90. The molecule has 0 atom stereocenters. The van der Waals surface area contributed by atoms with E-state index < -0.39 is 0 Å². The Morgan fingerprint density at radius 1 is 0.938 bits per heavy atom. The first kappa shape index (κ1) is 11.1. The molecule has 16 heavy (non-hydrogen) atoms. The second-order valence-corrected chi connectivity index (χ2v) is 4.26. The fourth-order valence-electron chi connectivity index (χ4n) is 1.59. The molecule has 2 nitrogen and oxygen atoms in total. The highest BCUT2D eigenvalue weighted by Crippen LogP contribution is 2.25. The Kier molecular flexibility index (Phi) is 2.92. The van der Waals surface area contributed by atoms with E-state index in [-0.39, 0.29) is 0 Å². The average Bonchev–Trinajstić information content (AvgIpc) is 2.25. The van der Waals surface area contributed by atoms with E-state index in [1.54, 1.807) is 0 Å². The SMILES string of the molecule is Cc1ccc(-c2nc(C)nc(Cl)c2C)cc1. The first-order chi connectivity index (χ1) is 7.58. The van der Waals surface area contributed by atoms with Gasteiger partial charge in [0.2, 0.25) is 0 Å². The number of rotatable bonds is 1. The van der Waals surface area contributed by atoms with Crippen molar-refractivity contribution in [3.63, 3.8) is 0 Å². The third-order valence-electron chi connectivity index (χ3n) is 2.52. The first-order valence-corrected chi connectivity index (χ1v) is 5.53. The lowest BCUT2D eigenvalue weighted by Gasteiger charge is -2.07. The molecule has 1 aromatic carbocycles. The molecule has 1 aromatic heterocycles. The summed E-state index contributed by atoms with van der Waals surface area (Å²) in [5, 5.41) is 0.531. The van der Waals surface area contributed by atoms with E-state index in [9.17, 15) is 0 Å². The molecule has 0 aliphatic heterocycles. The maximum atomic E-state index is 6.05. The summed E-state index contributed by atoms with van der Waals surface area (Å²) in [5.74, 6) is 0.700. The normalized spacial score (nSPS) is 10.5. The minimum Gasteiger partial charge on any atom is -0.233 e. The van der Waals surface area contributed by atoms with Gasteiger partial charge in [-0.15, -0.1) is 0 Å². The van der Waals surface area contributed by atoms with E-state index in [0.29, 0.717) is 11.0 Å². The number of aryl methyl sites for hydroxylation is 2. The van der Waals surface area contributed by atoms with Crippen LogP contribution < -0.4 is 0 Å². The number of benzene rings is 1. The van der Waals surface area contributed by atoms with Crippen molar-refractivity contribution < 1.29 is 0 Å². The molecule has 0 unspecified atom stereocenters. The molecule has 0 aliphatic rings. The molecule has 0 N–H and O–H groups in total. The van der Waals surface area contributed by atoms with Gasteiger partial charge >= 0.3 is 0 Å². The van der Waals surface area contributed by atoms with Crippen molar-refractivity contribution in [3.05, 3.63) is 46.4 Å². The van der Waals surface area contributed by atoms with Gasteiger partial charge in [0.15, 0.2) is 0 Å². The van der Waals surface area contributed by atoms with Crippen LogP contribution in [-0.4, -0.2) is 9.97 Å². The molecule has 0 radical (unpaired) electrons. The monoisotopic (exact) mass is 232 g/mol. The summed E-state index contributed by atoms with van der Waals surface area (Å²) >= 11 is 6.05. The Morgan fingerprint density at radius 3 is 2.19 bits per heavy atom. The molecule has 0 amide bonds. The van der Waals surface area contributed by atoms with Crippen molar-refractivity contribution in [1.82, 2.24) is 9.97 Å². The fourth-order valence-corrected chi connectivity index (χ4v) is 1.80. The van der Waals surface area contributed by atoms with Gasteiger partial charge in [-0.1, -0.05) is 41.4 Å². The maximum absolute atomic E-state index is 6.05. The van der Waals surface area contributed by atoms with E-state index in [4.69, 9.17) is 11.6 Å². The van der Waals surface area contributed by atoms with Crippen LogP contribution in [0.4, 0.5) is 0 Å². The highest BCUT2D eigenvalue weighted by Gasteiger charge is 2.08. The van der Waals surface area contributed by atoms with Gasteiger partial charge in [0, 0.05) is 11.1 Å². The van der Waals surface area contributed by atoms with Gasteiger partial charge in [0.05, 0.1) is 5.69 Å². The summed E-state index contributed by atoms with van der Waals surface area (Å²) in [4.78, 5) is 8.57. The van der Waals surface area contributed by atoms with E-state index in [1.807, 2.05) is 13.8 Å². The molecule has 3 heteroatoms. The zero-order chi connectivity index (χ0) is 11.7. The minimum absolute atomic E-state index is 0.531. The van der Waals surface area contributed by atoms with Crippen molar-refractivity contribution in [2.75, 3.05) is 0 Å². The molecule has 0 saturated carbocycles. The van der Waals surface area contributed by atoms with Crippen LogP contribution in [0.1, 0.15) is 17.0 Å². The molecule has 0 fully saturated rings. The van der Waals surface area contributed by atoms with Crippen LogP contribution in [0, 0.1) is 20.8 Å². The van der Waals surface area contributed by atoms with Gasteiger partial charge in [-0.05, 0) is 20.8 Å². The Balaban J connectivity index is 2.59. The molecular weight excluding hydrogens is 220 g/mol. The third kappa shape index (κ3) is 2.07. The number of halogens is 1. The van der Waals surface area contributed by atoms with Crippen LogP contribution in [0.2, 0.25) is 5.15 Å². The molecule has 0 saturated heterocycles. The topological polar surface area (TPSA) is 25.8 Å². The van der Waals surface area contributed by atoms with E-state index in [2.05, 4.69) is 41.2 Å². The van der Waals surface area contributed by atoms with E-state index in [0.717, 1.165) is 16.8 Å². The Morgan fingerprint density at radius 2 is 1.56 bits per heavy atom. The highest BCUT2D eigenvalue weighted by molar-refractivity contribution is 6.30. The standard InChI is InChI=1S/C13H13ClN2/c1-8-4-6-11(7-5-8)12-9(2)13(14)16-10(3)15-12/h4-7H,1-3H3. The molecule has 1 heterocycles. The Labute approximate surface area is 100 Å². The highest BCUT2D eigenvalue weighted by atomic mass is 35.5. The third-order valence-corrected chi connectivity index (χ3v) is 2.89. The Hall–Kier alpha value is -1.41. The van der Waals surface area contributed by atoms with Gasteiger partial charge < -0.3 is 0 Å². The number of hydrogen-bond acceptors (Lipinski definition) is 2. The minimum atomic E-state index is 0.531. The van der Waals surface area contributed by atoms with Gasteiger partial charge in [-0.3, -0.25) is 0 Å². The van der Waals surface area contributed by atoms with Crippen LogP contribution in [0.3, 0.4) is 0 Å². The number of aromatic nitrogens is 2. The summed E-state index contributed by atoms with van der Waals surface area (Å²) in [6.45, 7) is 5.86. The zero-order valence-electron chi connectivity index (χ0n) is 9.58. The molecule has 0 bridgehead atoms. The quantitative estimate of drug-likeness (QED) is 0.701. The molecule has 2 aromatic rings. The maximum Gasteiger partial charge on any atom is 0.136 e. The molecule has 0 aliphatic carbocycles. The molecular formula is C13H13ClN2. The molecule has 0 spiro atoms. The first-order valence-electron chi connectivity index (χ1n) is 5.15. The van der Waals surface area contributed by atoms with Crippen LogP contribution in [-0.2, 0) is 0 Å². The lowest BCUT2D eigenvalue weighted by Crippen LogP contribution is -1.96. The number of nitrogens with zero attached hydrogens (tertiary/aromatic N) is 2. The summed E-state index contributed by atoms with van der Waals surface area (Å²) in [6.07, 6.45) is 0. The molecule has 82 valence electrons. The van der Waals surface area contributed by atoms with Crippen molar-refractivity contribution in [2.45, 2.75) is 20.8 Å².